The number of benzene rings is 1. The number of carbonyl (C=O) groups is 1. The molecule has 0 saturated heterocycles. The monoisotopic (exact) mass is 283 g/mol. The van der Waals surface area contributed by atoms with E-state index in [-0.39, 0.29) is 17.3 Å². The fourth-order valence-electron chi connectivity index (χ4n) is 1.33. The molecular formula is C12H17N3O3S. The van der Waals surface area contributed by atoms with Gasteiger partial charge in [0.2, 0.25) is 15.9 Å². The van der Waals surface area contributed by atoms with Crippen LogP contribution in [0.1, 0.15) is 0 Å². The summed E-state index contributed by atoms with van der Waals surface area (Å²) in [4.78, 5) is 11.6. The zero-order valence-electron chi connectivity index (χ0n) is 10.6. The molecule has 0 heterocycles. The van der Waals surface area contributed by atoms with E-state index >= 15 is 0 Å². The van der Waals surface area contributed by atoms with Crippen molar-refractivity contribution < 1.29 is 13.2 Å². The van der Waals surface area contributed by atoms with E-state index in [1.807, 2.05) is 0 Å². The summed E-state index contributed by atoms with van der Waals surface area (Å²) in [5.41, 5.74) is 0.542. The van der Waals surface area contributed by atoms with Crippen LogP contribution < -0.4 is 15.4 Å². The standard InChI is InChI=1S/C12H17N3O3S/c1-3-8-14-9-12(16)15-10-4-6-11(7-5-10)19(17,18)13-2/h3-7,13-14H,1,8-9H2,2H3,(H,15,16). The van der Waals surface area contributed by atoms with Crippen molar-refractivity contribution in [2.45, 2.75) is 4.90 Å². The molecule has 0 fully saturated rings. The van der Waals surface area contributed by atoms with E-state index in [4.69, 9.17) is 0 Å². The van der Waals surface area contributed by atoms with Crippen molar-refractivity contribution in [1.29, 1.82) is 0 Å². The Hall–Kier alpha value is -1.70. The molecule has 19 heavy (non-hydrogen) atoms. The van der Waals surface area contributed by atoms with Crippen LogP contribution in [0.3, 0.4) is 0 Å². The van der Waals surface area contributed by atoms with Gasteiger partial charge in [-0.05, 0) is 31.3 Å². The normalized spacial score (nSPS) is 11.0. The van der Waals surface area contributed by atoms with Gasteiger partial charge in [0.15, 0.2) is 0 Å². The van der Waals surface area contributed by atoms with Gasteiger partial charge in [-0.15, -0.1) is 6.58 Å². The number of rotatable bonds is 7. The van der Waals surface area contributed by atoms with Crippen molar-refractivity contribution in [2.24, 2.45) is 0 Å². The maximum Gasteiger partial charge on any atom is 0.240 e. The summed E-state index contributed by atoms with van der Waals surface area (Å²) in [5, 5.41) is 5.51. The Kier molecular flexibility index (Phi) is 5.68. The van der Waals surface area contributed by atoms with Gasteiger partial charge in [0, 0.05) is 12.2 Å². The quantitative estimate of drug-likeness (QED) is 0.496. The summed E-state index contributed by atoms with van der Waals surface area (Å²) in [5.74, 6) is -0.203. The molecular weight excluding hydrogens is 266 g/mol. The lowest BCUT2D eigenvalue weighted by atomic mass is 10.3. The second-order valence-electron chi connectivity index (χ2n) is 3.70. The van der Waals surface area contributed by atoms with Crippen LogP contribution in [0.5, 0.6) is 0 Å². The highest BCUT2D eigenvalue weighted by Crippen LogP contribution is 2.13. The first-order chi connectivity index (χ1) is 8.99. The van der Waals surface area contributed by atoms with Crippen molar-refractivity contribution in [3.8, 4) is 0 Å². The van der Waals surface area contributed by atoms with Crippen molar-refractivity contribution in [3.05, 3.63) is 36.9 Å². The minimum absolute atomic E-state index is 0.151. The van der Waals surface area contributed by atoms with E-state index in [0.717, 1.165) is 0 Å². The molecule has 3 N–H and O–H groups in total. The smallest absolute Gasteiger partial charge is 0.240 e. The largest absolute Gasteiger partial charge is 0.325 e. The lowest BCUT2D eigenvalue weighted by Gasteiger charge is -2.07. The molecule has 0 atom stereocenters. The summed E-state index contributed by atoms with van der Waals surface area (Å²) >= 11 is 0. The summed E-state index contributed by atoms with van der Waals surface area (Å²) in [6.07, 6.45) is 1.66. The number of sulfonamides is 1. The van der Waals surface area contributed by atoms with E-state index < -0.39 is 10.0 Å². The second-order valence-corrected chi connectivity index (χ2v) is 5.59. The fourth-order valence-corrected chi connectivity index (χ4v) is 2.06. The molecule has 1 rings (SSSR count). The molecule has 0 saturated carbocycles. The first-order valence-electron chi connectivity index (χ1n) is 5.64. The number of hydrogen-bond donors (Lipinski definition) is 3. The van der Waals surface area contributed by atoms with Gasteiger partial charge in [-0.3, -0.25) is 4.79 Å². The van der Waals surface area contributed by atoms with Crippen LogP contribution >= 0.6 is 0 Å². The molecule has 7 heteroatoms. The first-order valence-corrected chi connectivity index (χ1v) is 7.13. The predicted octanol–water partition coefficient (Wildman–Crippen LogP) is 0.309. The van der Waals surface area contributed by atoms with Crippen LogP contribution in [0.15, 0.2) is 41.8 Å². The minimum atomic E-state index is -3.45. The Morgan fingerprint density at radius 1 is 1.32 bits per heavy atom. The molecule has 0 aliphatic carbocycles. The number of hydrogen-bond acceptors (Lipinski definition) is 4. The molecule has 104 valence electrons. The SMILES string of the molecule is C=CCNCC(=O)Nc1ccc(S(=O)(=O)NC)cc1. The maximum absolute atomic E-state index is 11.5. The average molecular weight is 283 g/mol. The van der Waals surface area contributed by atoms with Gasteiger partial charge in [-0.1, -0.05) is 6.08 Å². The molecule has 1 aromatic rings. The van der Waals surface area contributed by atoms with Crippen molar-refractivity contribution in [3.63, 3.8) is 0 Å². The third kappa shape index (κ3) is 4.82. The van der Waals surface area contributed by atoms with E-state index in [0.29, 0.717) is 12.2 Å². The van der Waals surface area contributed by atoms with E-state index in [1.54, 1.807) is 6.08 Å². The summed E-state index contributed by atoms with van der Waals surface area (Å²) in [6.45, 7) is 4.24. The van der Waals surface area contributed by atoms with Gasteiger partial charge in [0.1, 0.15) is 0 Å². The van der Waals surface area contributed by atoms with Crippen LogP contribution in [0, 0.1) is 0 Å². The molecule has 0 aromatic heterocycles. The average Bonchev–Trinajstić information content (AvgIpc) is 2.39. The van der Waals surface area contributed by atoms with Crippen LogP contribution in [0.25, 0.3) is 0 Å². The number of carbonyl (C=O) groups excluding carboxylic acids is 1. The number of anilines is 1. The highest BCUT2D eigenvalue weighted by molar-refractivity contribution is 7.89. The van der Waals surface area contributed by atoms with Crippen LogP contribution in [0.2, 0.25) is 0 Å². The molecule has 0 bridgehead atoms. The van der Waals surface area contributed by atoms with Crippen LogP contribution in [-0.2, 0) is 14.8 Å². The maximum atomic E-state index is 11.5. The Labute approximate surface area is 113 Å². The lowest BCUT2D eigenvalue weighted by molar-refractivity contribution is -0.115. The summed E-state index contributed by atoms with van der Waals surface area (Å²) in [6, 6.07) is 5.93. The number of amides is 1. The third-order valence-electron chi connectivity index (χ3n) is 2.29. The van der Waals surface area contributed by atoms with Crippen molar-refractivity contribution in [1.82, 2.24) is 10.0 Å². The van der Waals surface area contributed by atoms with E-state index in [1.165, 1.54) is 31.3 Å². The second kappa shape index (κ2) is 7.03. The molecule has 1 aromatic carbocycles. The summed E-state index contributed by atoms with van der Waals surface area (Å²) < 4.78 is 25.2. The molecule has 6 nitrogen and oxygen atoms in total. The Bertz CT molecular complexity index is 538. The minimum Gasteiger partial charge on any atom is -0.325 e. The predicted molar refractivity (Wildman–Crippen MR) is 74.4 cm³/mol. The van der Waals surface area contributed by atoms with Gasteiger partial charge in [0.05, 0.1) is 11.4 Å². The molecule has 0 aliphatic rings. The Morgan fingerprint density at radius 2 is 1.95 bits per heavy atom. The van der Waals surface area contributed by atoms with Gasteiger partial charge in [-0.2, -0.15) is 0 Å². The van der Waals surface area contributed by atoms with Crippen LogP contribution in [-0.4, -0.2) is 34.5 Å². The fraction of sp³-hybridized carbons (Fsp3) is 0.250. The zero-order valence-corrected chi connectivity index (χ0v) is 11.5. The van der Waals surface area contributed by atoms with Gasteiger partial charge >= 0.3 is 0 Å². The molecule has 0 unspecified atom stereocenters. The highest BCUT2D eigenvalue weighted by atomic mass is 32.2. The molecule has 1 amide bonds. The highest BCUT2D eigenvalue weighted by Gasteiger charge is 2.10. The first kappa shape index (κ1) is 15.4. The molecule has 0 radical (unpaired) electrons. The van der Waals surface area contributed by atoms with Crippen molar-refractivity contribution in [2.75, 3.05) is 25.5 Å². The number of nitrogens with one attached hydrogen (secondary N) is 3. The topological polar surface area (TPSA) is 87.3 Å². The zero-order chi connectivity index (χ0) is 14.3. The van der Waals surface area contributed by atoms with Gasteiger partial charge < -0.3 is 10.6 Å². The van der Waals surface area contributed by atoms with Gasteiger partial charge in [-0.25, -0.2) is 13.1 Å². The van der Waals surface area contributed by atoms with E-state index in [9.17, 15) is 13.2 Å². The third-order valence-corrected chi connectivity index (χ3v) is 3.72. The molecule has 0 aliphatic heterocycles. The lowest BCUT2D eigenvalue weighted by Crippen LogP contribution is -2.28. The van der Waals surface area contributed by atoms with Crippen molar-refractivity contribution >= 4 is 21.6 Å². The van der Waals surface area contributed by atoms with Gasteiger partial charge in [0.25, 0.3) is 0 Å². The van der Waals surface area contributed by atoms with E-state index in [2.05, 4.69) is 21.9 Å². The Morgan fingerprint density at radius 3 is 2.47 bits per heavy atom. The molecule has 0 spiro atoms. The Balaban J connectivity index is 2.62. The summed E-state index contributed by atoms with van der Waals surface area (Å²) in [7, 11) is -2.10. The van der Waals surface area contributed by atoms with Crippen LogP contribution in [0.4, 0.5) is 5.69 Å².